The molecule has 0 spiro atoms. The fourth-order valence-electron chi connectivity index (χ4n) is 2.28. The van der Waals surface area contributed by atoms with Gasteiger partial charge in [-0.05, 0) is 69.3 Å². The number of sulfonamides is 2. The lowest BCUT2D eigenvalue weighted by molar-refractivity contribution is -0.127. The van der Waals surface area contributed by atoms with Gasteiger partial charge in [0.15, 0.2) is 6.10 Å². The summed E-state index contributed by atoms with van der Waals surface area (Å²) >= 11 is 0. The largest absolute Gasteiger partial charge is 0.481 e. The Balaban J connectivity index is 2.09. The predicted molar refractivity (Wildman–Crippen MR) is 108 cm³/mol. The minimum Gasteiger partial charge on any atom is -0.481 e. The van der Waals surface area contributed by atoms with Crippen LogP contribution in [0.25, 0.3) is 0 Å². The molecular weight excluding hydrogens is 418 g/mol. The number of amides is 1. The maximum Gasteiger partial charge on any atom is 0.261 e. The summed E-state index contributed by atoms with van der Waals surface area (Å²) in [6.07, 6.45) is -0.740. The number of carbonyl (C=O) groups is 1. The van der Waals surface area contributed by atoms with E-state index < -0.39 is 26.2 Å². The zero-order chi connectivity index (χ0) is 21.8. The van der Waals surface area contributed by atoms with E-state index in [0.29, 0.717) is 5.75 Å². The van der Waals surface area contributed by atoms with E-state index in [9.17, 15) is 21.6 Å². The van der Waals surface area contributed by atoms with Crippen LogP contribution < -0.4 is 19.9 Å². The number of nitrogens with two attached hydrogens (primary N) is 1. The first-order valence-corrected chi connectivity index (χ1v) is 11.6. The molecule has 9 nitrogen and oxygen atoms in total. The van der Waals surface area contributed by atoms with E-state index in [1.807, 2.05) is 13.8 Å². The monoisotopic (exact) mass is 441 g/mol. The Morgan fingerprint density at radius 2 is 1.41 bits per heavy atom. The van der Waals surface area contributed by atoms with Crippen LogP contribution in [-0.2, 0) is 24.8 Å². The van der Waals surface area contributed by atoms with Crippen molar-refractivity contribution in [1.29, 1.82) is 0 Å². The molecule has 0 fully saturated rings. The van der Waals surface area contributed by atoms with Gasteiger partial charge in [-0.1, -0.05) is 0 Å². The molecule has 11 heteroatoms. The standard InChI is InChI=1S/C18H23N3O6S2/c1-12(2)20-18(22)13(3)27-15-6-10-17(11-7-15)29(25,26)21-14-4-8-16(9-5-14)28(19,23)24/h4-13,21H,1-3H3,(H,20,22)(H2,19,23,24)/t13-/m0/s1. The SMILES string of the molecule is CC(C)NC(=O)[C@H](C)Oc1ccc(S(=O)(=O)Nc2ccc(S(N)(=O)=O)cc2)cc1. The van der Waals surface area contributed by atoms with Gasteiger partial charge in [0.2, 0.25) is 10.0 Å². The highest BCUT2D eigenvalue weighted by molar-refractivity contribution is 7.92. The molecule has 2 aromatic rings. The van der Waals surface area contributed by atoms with Gasteiger partial charge < -0.3 is 10.1 Å². The average Bonchev–Trinajstić information content (AvgIpc) is 2.61. The van der Waals surface area contributed by atoms with E-state index in [4.69, 9.17) is 9.88 Å². The Hall–Kier alpha value is -2.63. The molecule has 29 heavy (non-hydrogen) atoms. The highest BCUT2D eigenvalue weighted by Crippen LogP contribution is 2.21. The van der Waals surface area contributed by atoms with Gasteiger partial charge >= 0.3 is 0 Å². The number of hydrogen-bond acceptors (Lipinski definition) is 6. The van der Waals surface area contributed by atoms with Crippen LogP contribution >= 0.6 is 0 Å². The molecule has 158 valence electrons. The third kappa shape index (κ3) is 6.44. The molecule has 0 aliphatic rings. The molecule has 0 unspecified atom stereocenters. The van der Waals surface area contributed by atoms with Crippen LogP contribution in [0.4, 0.5) is 5.69 Å². The summed E-state index contributed by atoms with van der Waals surface area (Å²) < 4.78 is 55.3. The molecular formula is C18H23N3O6S2. The normalized spacial score (nSPS) is 13.0. The summed E-state index contributed by atoms with van der Waals surface area (Å²) in [5.74, 6) is 0.0640. The van der Waals surface area contributed by atoms with E-state index in [1.54, 1.807) is 6.92 Å². The maximum absolute atomic E-state index is 12.5. The summed E-state index contributed by atoms with van der Waals surface area (Å²) in [4.78, 5) is 11.7. The second-order valence-corrected chi connectivity index (χ2v) is 9.81. The molecule has 0 heterocycles. The van der Waals surface area contributed by atoms with Crippen molar-refractivity contribution in [3.8, 4) is 5.75 Å². The predicted octanol–water partition coefficient (Wildman–Crippen LogP) is 1.43. The molecule has 0 aliphatic heterocycles. The van der Waals surface area contributed by atoms with Crippen molar-refractivity contribution in [2.45, 2.75) is 42.7 Å². The van der Waals surface area contributed by atoms with Crippen LogP contribution in [0.2, 0.25) is 0 Å². The lowest BCUT2D eigenvalue weighted by Gasteiger charge is -2.16. The fraction of sp³-hybridized carbons (Fsp3) is 0.278. The molecule has 2 rings (SSSR count). The van der Waals surface area contributed by atoms with Crippen molar-refractivity contribution in [3.63, 3.8) is 0 Å². The summed E-state index contributed by atoms with van der Waals surface area (Å²) in [7, 11) is -7.77. The quantitative estimate of drug-likeness (QED) is 0.565. The summed E-state index contributed by atoms with van der Waals surface area (Å²) in [5.41, 5.74) is 0.178. The molecule has 1 amide bonds. The van der Waals surface area contributed by atoms with Gasteiger partial charge in [-0.2, -0.15) is 0 Å². The Bertz CT molecular complexity index is 1060. The van der Waals surface area contributed by atoms with Gasteiger partial charge in [-0.25, -0.2) is 22.0 Å². The lowest BCUT2D eigenvalue weighted by atomic mass is 10.3. The number of primary sulfonamides is 1. The van der Waals surface area contributed by atoms with Crippen molar-refractivity contribution in [2.24, 2.45) is 5.14 Å². The molecule has 0 radical (unpaired) electrons. The van der Waals surface area contributed by atoms with Gasteiger partial charge in [-0.15, -0.1) is 0 Å². The second-order valence-electron chi connectivity index (χ2n) is 6.57. The number of hydrogen-bond donors (Lipinski definition) is 3. The third-order valence-corrected chi connectivity index (χ3v) is 6.01. The molecule has 0 aromatic heterocycles. The third-order valence-electron chi connectivity index (χ3n) is 3.68. The number of rotatable bonds is 8. The highest BCUT2D eigenvalue weighted by atomic mass is 32.2. The van der Waals surface area contributed by atoms with Gasteiger partial charge in [0.1, 0.15) is 5.75 Å². The van der Waals surface area contributed by atoms with E-state index in [2.05, 4.69) is 10.0 Å². The number of carbonyl (C=O) groups excluding carboxylic acids is 1. The highest BCUT2D eigenvalue weighted by Gasteiger charge is 2.18. The first-order valence-electron chi connectivity index (χ1n) is 8.61. The Labute approximate surface area is 170 Å². The van der Waals surface area contributed by atoms with E-state index in [-0.39, 0.29) is 27.4 Å². The molecule has 2 aromatic carbocycles. The molecule has 0 bridgehead atoms. The second kappa shape index (κ2) is 8.80. The van der Waals surface area contributed by atoms with Gasteiger partial charge in [0.25, 0.3) is 15.9 Å². The minimum atomic E-state index is -3.90. The van der Waals surface area contributed by atoms with Crippen molar-refractivity contribution in [2.75, 3.05) is 4.72 Å². The Morgan fingerprint density at radius 3 is 1.90 bits per heavy atom. The molecule has 0 saturated heterocycles. The average molecular weight is 442 g/mol. The van der Waals surface area contributed by atoms with Crippen LogP contribution in [0.1, 0.15) is 20.8 Å². The van der Waals surface area contributed by atoms with Crippen molar-refractivity contribution < 1.29 is 26.4 Å². The number of anilines is 1. The Morgan fingerprint density at radius 1 is 0.897 bits per heavy atom. The van der Waals surface area contributed by atoms with Crippen molar-refractivity contribution in [3.05, 3.63) is 48.5 Å². The molecule has 4 N–H and O–H groups in total. The number of ether oxygens (including phenoxy) is 1. The van der Waals surface area contributed by atoms with Crippen molar-refractivity contribution >= 4 is 31.6 Å². The molecule has 1 atom stereocenters. The van der Waals surface area contributed by atoms with Crippen LogP contribution in [-0.4, -0.2) is 34.9 Å². The molecule has 0 aliphatic carbocycles. The van der Waals surface area contributed by atoms with E-state index in [0.717, 1.165) is 0 Å². The van der Waals surface area contributed by atoms with E-state index in [1.165, 1.54) is 48.5 Å². The van der Waals surface area contributed by atoms with Crippen LogP contribution in [0.3, 0.4) is 0 Å². The Kier molecular flexibility index (Phi) is 6.88. The number of nitrogens with one attached hydrogen (secondary N) is 2. The molecule has 0 saturated carbocycles. The summed E-state index contributed by atoms with van der Waals surface area (Å²) in [6.45, 7) is 5.26. The summed E-state index contributed by atoms with van der Waals surface area (Å²) in [6, 6.07) is 10.5. The van der Waals surface area contributed by atoms with Gasteiger partial charge in [0, 0.05) is 11.7 Å². The van der Waals surface area contributed by atoms with Crippen LogP contribution in [0.15, 0.2) is 58.3 Å². The van der Waals surface area contributed by atoms with Crippen LogP contribution in [0, 0.1) is 0 Å². The lowest BCUT2D eigenvalue weighted by Crippen LogP contribution is -2.40. The van der Waals surface area contributed by atoms with E-state index >= 15 is 0 Å². The van der Waals surface area contributed by atoms with Gasteiger partial charge in [-0.3, -0.25) is 9.52 Å². The van der Waals surface area contributed by atoms with Crippen molar-refractivity contribution in [1.82, 2.24) is 5.32 Å². The zero-order valence-corrected chi connectivity index (χ0v) is 17.7. The smallest absolute Gasteiger partial charge is 0.261 e. The summed E-state index contributed by atoms with van der Waals surface area (Å²) in [5, 5.41) is 7.74. The maximum atomic E-state index is 12.5. The minimum absolute atomic E-state index is 0.0221. The fourth-order valence-corrected chi connectivity index (χ4v) is 3.86. The van der Waals surface area contributed by atoms with Crippen LogP contribution in [0.5, 0.6) is 5.75 Å². The first-order chi connectivity index (χ1) is 13.4. The zero-order valence-electron chi connectivity index (χ0n) is 16.1. The first kappa shape index (κ1) is 22.7. The van der Waals surface area contributed by atoms with Gasteiger partial charge in [0.05, 0.1) is 9.79 Å². The topological polar surface area (TPSA) is 145 Å². The number of benzene rings is 2.